The molecule has 1 aliphatic heterocycles. The van der Waals surface area contributed by atoms with Gasteiger partial charge in [-0.05, 0) is 80.3 Å². The third-order valence-electron chi connectivity index (χ3n) is 4.90. The molecule has 1 aliphatic rings. The van der Waals surface area contributed by atoms with Crippen LogP contribution in [0.4, 0.5) is 5.69 Å². The van der Waals surface area contributed by atoms with Crippen LogP contribution in [0, 0.1) is 0 Å². The largest absolute Gasteiger partial charge is 0.506 e. The minimum absolute atomic E-state index is 0.0629. The molecule has 0 spiro atoms. The summed E-state index contributed by atoms with van der Waals surface area (Å²) in [7, 11) is 0. The van der Waals surface area contributed by atoms with Gasteiger partial charge in [0.15, 0.2) is 0 Å². The van der Waals surface area contributed by atoms with E-state index < -0.39 is 5.97 Å². The first-order valence-electron chi connectivity index (χ1n) is 10.8. The van der Waals surface area contributed by atoms with Crippen molar-refractivity contribution in [1.29, 1.82) is 0 Å². The summed E-state index contributed by atoms with van der Waals surface area (Å²) < 4.78 is 12.7. The molecule has 0 bridgehead atoms. The monoisotopic (exact) mass is 613 g/mol. The standard InChI is InChI=1S/C27H21Br2NO4S/c1-2-33-27(32)23-24(31)22(35-26(23)30-19-11-7-4-8-12-19)15-18-13-20(28)25(21(29)14-18)34-16-17-9-5-3-6-10-17/h3-15,31H,2,16H2,1H3/b22-15-,30-26?. The Morgan fingerprint density at radius 2 is 1.66 bits per heavy atom. The molecule has 0 saturated heterocycles. The molecule has 0 unspecified atom stereocenters. The van der Waals surface area contributed by atoms with Crippen molar-refractivity contribution >= 4 is 66.4 Å². The molecule has 0 aliphatic carbocycles. The summed E-state index contributed by atoms with van der Waals surface area (Å²) in [5.41, 5.74) is 2.60. The Labute approximate surface area is 224 Å². The summed E-state index contributed by atoms with van der Waals surface area (Å²) in [6.07, 6.45) is 1.79. The average Bonchev–Trinajstić information content (AvgIpc) is 3.14. The zero-order valence-corrected chi connectivity index (χ0v) is 22.7. The van der Waals surface area contributed by atoms with E-state index in [4.69, 9.17) is 9.47 Å². The van der Waals surface area contributed by atoms with Gasteiger partial charge in [0.05, 0.1) is 26.1 Å². The molecule has 3 aromatic carbocycles. The van der Waals surface area contributed by atoms with Gasteiger partial charge in [0.25, 0.3) is 0 Å². The third kappa shape index (κ3) is 6.25. The number of aliphatic hydroxyl groups excluding tert-OH is 1. The third-order valence-corrected chi connectivity index (χ3v) is 7.10. The Kier molecular flexibility index (Phi) is 8.49. The molecule has 3 aromatic rings. The summed E-state index contributed by atoms with van der Waals surface area (Å²) in [4.78, 5) is 17.7. The number of ether oxygens (including phenoxy) is 2. The zero-order chi connectivity index (χ0) is 24.8. The molecule has 0 saturated carbocycles. The van der Waals surface area contributed by atoms with Gasteiger partial charge in [0.1, 0.15) is 28.7 Å². The first-order valence-corrected chi connectivity index (χ1v) is 13.2. The van der Waals surface area contributed by atoms with E-state index in [1.54, 1.807) is 13.0 Å². The van der Waals surface area contributed by atoms with E-state index >= 15 is 0 Å². The van der Waals surface area contributed by atoms with Crippen molar-refractivity contribution in [2.24, 2.45) is 4.99 Å². The highest BCUT2D eigenvalue weighted by Gasteiger charge is 2.33. The normalized spacial score (nSPS) is 15.6. The molecule has 0 fully saturated rings. The molecular weight excluding hydrogens is 594 g/mol. The number of para-hydroxylation sites is 1. The molecule has 1 N–H and O–H groups in total. The van der Waals surface area contributed by atoms with Crippen molar-refractivity contribution in [2.75, 3.05) is 6.61 Å². The predicted molar refractivity (Wildman–Crippen MR) is 148 cm³/mol. The summed E-state index contributed by atoms with van der Waals surface area (Å²) in [5, 5.41) is 11.3. The molecule has 0 atom stereocenters. The maximum absolute atomic E-state index is 12.6. The van der Waals surface area contributed by atoms with Gasteiger partial charge in [-0.25, -0.2) is 9.79 Å². The Hall–Kier alpha value is -2.81. The molecule has 178 valence electrons. The van der Waals surface area contributed by atoms with Crippen molar-refractivity contribution in [3.8, 4) is 5.75 Å². The van der Waals surface area contributed by atoms with Crippen LogP contribution in [0.15, 0.2) is 103 Å². The number of hydrogen-bond acceptors (Lipinski definition) is 6. The van der Waals surface area contributed by atoms with E-state index in [0.29, 0.717) is 28.0 Å². The topological polar surface area (TPSA) is 68.1 Å². The lowest BCUT2D eigenvalue weighted by Crippen LogP contribution is -2.12. The number of carbonyl (C=O) groups is 1. The summed E-state index contributed by atoms with van der Waals surface area (Å²) in [5.74, 6) is -0.0873. The van der Waals surface area contributed by atoms with Crippen LogP contribution in [-0.2, 0) is 16.1 Å². The van der Waals surface area contributed by atoms with Crippen LogP contribution in [0.1, 0.15) is 18.1 Å². The number of esters is 1. The number of aliphatic imine (C=N–C) groups is 1. The second-order valence-electron chi connectivity index (χ2n) is 7.40. The minimum atomic E-state index is -0.609. The van der Waals surface area contributed by atoms with Crippen LogP contribution in [-0.4, -0.2) is 22.7 Å². The van der Waals surface area contributed by atoms with Gasteiger partial charge in [0.2, 0.25) is 0 Å². The van der Waals surface area contributed by atoms with Gasteiger partial charge in [-0.15, -0.1) is 0 Å². The van der Waals surface area contributed by atoms with E-state index in [2.05, 4.69) is 36.9 Å². The highest BCUT2D eigenvalue weighted by molar-refractivity contribution is 9.11. The SMILES string of the molecule is CCOC(=O)C1=C(O)/C(=C/c2cc(Br)c(OCc3ccccc3)c(Br)c2)SC1=Nc1ccccc1. The molecule has 0 aromatic heterocycles. The Morgan fingerprint density at radius 3 is 2.29 bits per heavy atom. The fourth-order valence-corrected chi connectivity index (χ4v) is 5.78. The maximum atomic E-state index is 12.6. The number of nitrogens with zero attached hydrogens (tertiary/aromatic N) is 1. The van der Waals surface area contributed by atoms with Crippen LogP contribution in [0.2, 0.25) is 0 Å². The second-order valence-corrected chi connectivity index (χ2v) is 10.1. The smallest absolute Gasteiger partial charge is 0.344 e. The first kappa shape index (κ1) is 25.3. The molecule has 35 heavy (non-hydrogen) atoms. The molecule has 4 rings (SSSR count). The van der Waals surface area contributed by atoms with Crippen LogP contribution >= 0.6 is 43.6 Å². The van der Waals surface area contributed by atoms with Crippen molar-refractivity contribution in [2.45, 2.75) is 13.5 Å². The van der Waals surface area contributed by atoms with Gasteiger partial charge in [-0.2, -0.15) is 0 Å². The lowest BCUT2D eigenvalue weighted by molar-refractivity contribution is -0.138. The van der Waals surface area contributed by atoms with Crippen LogP contribution in [0.25, 0.3) is 6.08 Å². The minimum Gasteiger partial charge on any atom is -0.506 e. The van der Waals surface area contributed by atoms with Gasteiger partial charge in [-0.3, -0.25) is 0 Å². The first-order chi connectivity index (χ1) is 17.0. The van der Waals surface area contributed by atoms with E-state index in [-0.39, 0.29) is 17.9 Å². The summed E-state index contributed by atoms with van der Waals surface area (Å²) in [6, 6.07) is 23.0. The van der Waals surface area contributed by atoms with Crippen molar-refractivity contribution in [3.05, 3.63) is 109 Å². The zero-order valence-electron chi connectivity index (χ0n) is 18.7. The van der Waals surface area contributed by atoms with Crippen LogP contribution < -0.4 is 4.74 Å². The van der Waals surface area contributed by atoms with Crippen LogP contribution in [0.5, 0.6) is 5.75 Å². The number of hydrogen-bond donors (Lipinski definition) is 1. The number of thioether (sulfide) groups is 1. The molecule has 0 radical (unpaired) electrons. The van der Waals surface area contributed by atoms with Crippen LogP contribution in [0.3, 0.4) is 0 Å². The molecule has 1 heterocycles. The number of halogens is 2. The number of carbonyl (C=O) groups excluding carboxylic acids is 1. The lowest BCUT2D eigenvalue weighted by atomic mass is 10.1. The van der Waals surface area contributed by atoms with E-state index in [1.807, 2.05) is 72.8 Å². The number of benzene rings is 3. The molecule has 5 nitrogen and oxygen atoms in total. The molecule has 8 heteroatoms. The van der Waals surface area contributed by atoms with Crippen molar-refractivity contribution < 1.29 is 19.4 Å². The van der Waals surface area contributed by atoms with Crippen molar-refractivity contribution in [1.82, 2.24) is 0 Å². The Morgan fingerprint density at radius 1 is 1.03 bits per heavy atom. The van der Waals surface area contributed by atoms with Gasteiger partial charge in [0, 0.05) is 0 Å². The number of rotatable bonds is 7. The highest BCUT2D eigenvalue weighted by atomic mass is 79.9. The predicted octanol–water partition coefficient (Wildman–Crippen LogP) is 7.98. The van der Waals surface area contributed by atoms with E-state index in [1.165, 1.54) is 11.8 Å². The Balaban J connectivity index is 1.64. The van der Waals surface area contributed by atoms with Gasteiger partial charge in [-0.1, -0.05) is 60.3 Å². The lowest BCUT2D eigenvalue weighted by Gasteiger charge is -2.12. The fourth-order valence-electron chi connectivity index (χ4n) is 3.29. The van der Waals surface area contributed by atoms with E-state index in [0.717, 1.165) is 20.1 Å². The second kappa shape index (κ2) is 11.7. The fraction of sp³-hybridized carbons (Fsp3) is 0.111. The quantitative estimate of drug-likeness (QED) is 0.273. The van der Waals surface area contributed by atoms with Gasteiger partial charge >= 0.3 is 5.97 Å². The molecular formula is C27H21Br2NO4S. The maximum Gasteiger partial charge on any atom is 0.344 e. The Bertz CT molecular complexity index is 1300. The summed E-state index contributed by atoms with van der Waals surface area (Å²) in [6.45, 7) is 2.35. The average molecular weight is 615 g/mol. The van der Waals surface area contributed by atoms with Gasteiger partial charge < -0.3 is 14.6 Å². The highest BCUT2D eigenvalue weighted by Crippen LogP contribution is 2.42. The molecule has 0 amide bonds. The number of aliphatic hydroxyl groups is 1. The van der Waals surface area contributed by atoms with E-state index in [9.17, 15) is 9.90 Å². The van der Waals surface area contributed by atoms with Crippen molar-refractivity contribution in [3.63, 3.8) is 0 Å². The summed E-state index contributed by atoms with van der Waals surface area (Å²) >= 11 is 8.39.